The molecule has 0 aliphatic carbocycles. The molecular formula is C15H24BrNO3. The van der Waals surface area contributed by atoms with Crippen LogP contribution in [0.5, 0.6) is 5.75 Å². The fourth-order valence-electron chi connectivity index (χ4n) is 1.72. The van der Waals surface area contributed by atoms with Gasteiger partial charge in [0.05, 0.1) is 24.3 Å². The van der Waals surface area contributed by atoms with E-state index in [0.29, 0.717) is 25.7 Å². The minimum atomic E-state index is 0.0411. The SMILES string of the molecule is CC(C)CNCc1cccc(Br)c1OCCOCCO. The lowest BCUT2D eigenvalue weighted by atomic mass is 10.2. The zero-order valence-electron chi connectivity index (χ0n) is 12.2. The molecule has 1 aromatic carbocycles. The van der Waals surface area contributed by atoms with E-state index in [1.807, 2.05) is 12.1 Å². The molecule has 0 fully saturated rings. The first-order valence-corrected chi connectivity index (χ1v) is 7.74. The van der Waals surface area contributed by atoms with Crippen molar-refractivity contribution in [3.63, 3.8) is 0 Å². The molecule has 0 amide bonds. The van der Waals surface area contributed by atoms with Crippen molar-refractivity contribution in [2.75, 3.05) is 33.0 Å². The molecule has 1 aromatic rings. The Morgan fingerprint density at radius 1 is 1.25 bits per heavy atom. The van der Waals surface area contributed by atoms with Gasteiger partial charge in [-0.25, -0.2) is 0 Å². The predicted octanol–water partition coefficient (Wildman–Crippen LogP) is 2.58. The van der Waals surface area contributed by atoms with Crippen LogP contribution >= 0.6 is 15.9 Å². The first-order valence-electron chi connectivity index (χ1n) is 6.94. The van der Waals surface area contributed by atoms with E-state index in [4.69, 9.17) is 14.6 Å². The number of nitrogens with one attached hydrogen (secondary N) is 1. The van der Waals surface area contributed by atoms with Gasteiger partial charge in [0.2, 0.25) is 0 Å². The zero-order valence-corrected chi connectivity index (χ0v) is 13.8. The smallest absolute Gasteiger partial charge is 0.138 e. The van der Waals surface area contributed by atoms with Crippen molar-refractivity contribution in [3.8, 4) is 5.75 Å². The van der Waals surface area contributed by atoms with Gasteiger partial charge in [-0.05, 0) is 34.5 Å². The van der Waals surface area contributed by atoms with Crippen molar-refractivity contribution in [1.29, 1.82) is 0 Å². The van der Waals surface area contributed by atoms with Gasteiger partial charge in [0.15, 0.2) is 0 Å². The molecule has 0 aliphatic rings. The molecule has 2 N–H and O–H groups in total. The van der Waals surface area contributed by atoms with Crippen LogP contribution in [0.1, 0.15) is 19.4 Å². The minimum absolute atomic E-state index is 0.0411. The Bertz CT molecular complexity index is 385. The maximum absolute atomic E-state index is 8.63. The summed E-state index contributed by atoms with van der Waals surface area (Å²) >= 11 is 3.52. The number of rotatable bonds is 10. The number of hydrogen-bond acceptors (Lipinski definition) is 4. The van der Waals surface area contributed by atoms with Gasteiger partial charge in [-0.1, -0.05) is 26.0 Å². The summed E-state index contributed by atoms with van der Waals surface area (Å²) in [4.78, 5) is 0. The summed E-state index contributed by atoms with van der Waals surface area (Å²) in [5.74, 6) is 1.48. The normalized spacial score (nSPS) is 11.1. The Morgan fingerprint density at radius 2 is 2.05 bits per heavy atom. The summed E-state index contributed by atoms with van der Waals surface area (Å²) in [5.41, 5.74) is 1.13. The maximum Gasteiger partial charge on any atom is 0.138 e. The van der Waals surface area contributed by atoms with Gasteiger partial charge in [-0.2, -0.15) is 0 Å². The van der Waals surface area contributed by atoms with E-state index in [0.717, 1.165) is 28.9 Å². The largest absolute Gasteiger partial charge is 0.490 e. The summed E-state index contributed by atoms with van der Waals surface area (Å²) in [6.07, 6.45) is 0. The van der Waals surface area contributed by atoms with Gasteiger partial charge in [0.25, 0.3) is 0 Å². The molecule has 0 aromatic heterocycles. The first kappa shape index (κ1) is 17.4. The number of hydrogen-bond donors (Lipinski definition) is 2. The van der Waals surface area contributed by atoms with Crippen LogP contribution in [-0.2, 0) is 11.3 Å². The minimum Gasteiger partial charge on any atom is -0.490 e. The second-order valence-electron chi connectivity index (χ2n) is 4.94. The summed E-state index contributed by atoms with van der Waals surface area (Å²) < 4.78 is 11.9. The second-order valence-corrected chi connectivity index (χ2v) is 5.79. The van der Waals surface area contributed by atoms with E-state index >= 15 is 0 Å². The number of ether oxygens (including phenoxy) is 2. The molecule has 0 radical (unpaired) electrons. The van der Waals surface area contributed by atoms with E-state index in [1.165, 1.54) is 0 Å². The van der Waals surface area contributed by atoms with E-state index in [1.54, 1.807) is 0 Å². The molecule has 4 nitrogen and oxygen atoms in total. The Kier molecular flexibility index (Phi) is 8.85. The predicted molar refractivity (Wildman–Crippen MR) is 84.1 cm³/mol. The lowest BCUT2D eigenvalue weighted by molar-refractivity contribution is 0.0701. The Labute approximate surface area is 129 Å². The maximum atomic E-state index is 8.63. The molecular weight excluding hydrogens is 322 g/mol. The first-order chi connectivity index (χ1) is 9.65. The average molecular weight is 346 g/mol. The van der Waals surface area contributed by atoms with Gasteiger partial charge in [0, 0.05) is 12.1 Å². The number of aliphatic hydroxyl groups is 1. The lowest BCUT2D eigenvalue weighted by Crippen LogP contribution is -2.20. The van der Waals surface area contributed by atoms with E-state index in [9.17, 15) is 0 Å². The van der Waals surface area contributed by atoms with Crippen LogP contribution in [0.3, 0.4) is 0 Å². The van der Waals surface area contributed by atoms with Gasteiger partial charge in [-0.15, -0.1) is 0 Å². The number of halogens is 1. The summed E-state index contributed by atoms with van der Waals surface area (Å²) in [5, 5.41) is 12.0. The molecule has 0 bridgehead atoms. The van der Waals surface area contributed by atoms with Crippen molar-refractivity contribution in [2.24, 2.45) is 5.92 Å². The fourth-order valence-corrected chi connectivity index (χ4v) is 2.24. The molecule has 1 rings (SSSR count). The van der Waals surface area contributed by atoms with Crippen molar-refractivity contribution in [2.45, 2.75) is 20.4 Å². The van der Waals surface area contributed by atoms with Crippen LogP contribution in [0.2, 0.25) is 0 Å². The Balaban J connectivity index is 2.49. The average Bonchev–Trinajstić information content (AvgIpc) is 2.40. The highest BCUT2D eigenvalue weighted by molar-refractivity contribution is 9.10. The van der Waals surface area contributed by atoms with Crippen molar-refractivity contribution in [1.82, 2.24) is 5.32 Å². The summed E-state index contributed by atoms with van der Waals surface area (Å²) in [6, 6.07) is 6.03. The standard InChI is InChI=1S/C15H24BrNO3/c1-12(2)10-17-11-13-4-3-5-14(16)15(13)20-9-8-19-7-6-18/h3-5,12,17-18H,6-11H2,1-2H3. The molecule has 0 unspecified atom stereocenters. The van der Waals surface area contributed by atoms with Crippen molar-refractivity contribution < 1.29 is 14.6 Å². The monoisotopic (exact) mass is 345 g/mol. The molecule has 5 heteroatoms. The molecule has 0 saturated heterocycles. The van der Waals surface area contributed by atoms with Crippen molar-refractivity contribution in [3.05, 3.63) is 28.2 Å². The van der Waals surface area contributed by atoms with Gasteiger partial charge >= 0.3 is 0 Å². The van der Waals surface area contributed by atoms with Gasteiger partial charge in [-0.3, -0.25) is 0 Å². The molecule has 0 aliphatic heterocycles. The Hall–Kier alpha value is -0.620. The lowest BCUT2D eigenvalue weighted by Gasteiger charge is -2.14. The van der Waals surface area contributed by atoms with Crippen molar-refractivity contribution >= 4 is 15.9 Å². The fraction of sp³-hybridized carbons (Fsp3) is 0.600. The third-order valence-corrected chi connectivity index (χ3v) is 3.25. The summed E-state index contributed by atoms with van der Waals surface area (Å²) in [6.45, 7) is 7.46. The Morgan fingerprint density at radius 3 is 2.75 bits per heavy atom. The van der Waals surface area contributed by atoms with E-state index in [2.05, 4.69) is 41.2 Å². The van der Waals surface area contributed by atoms with Crippen LogP contribution in [-0.4, -0.2) is 38.1 Å². The third-order valence-electron chi connectivity index (χ3n) is 2.63. The van der Waals surface area contributed by atoms with Gasteiger partial charge in [0.1, 0.15) is 12.4 Å². The topological polar surface area (TPSA) is 50.7 Å². The van der Waals surface area contributed by atoms with Gasteiger partial charge < -0.3 is 19.9 Å². The molecule has 20 heavy (non-hydrogen) atoms. The number of benzene rings is 1. The number of aliphatic hydroxyl groups excluding tert-OH is 1. The molecule has 0 atom stereocenters. The van der Waals surface area contributed by atoms with Crippen LogP contribution in [0.25, 0.3) is 0 Å². The van der Waals surface area contributed by atoms with Crippen LogP contribution in [0, 0.1) is 5.92 Å². The summed E-state index contributed by atoms with van der Waals surface area (Å²) in [7, 11) is 0. The zero-order chi connectivity index (χ0) is 14.8. The van der Waals surface area contributed by atoms with Crippen LogP contribution in [0.15, 0.2) is 22.7 Å². The molecule has 0 saturated carbocycles. The highest BCUT2D eigenvalue weighted by Gasteiger charge is 2.08. The second kappa shape index (κ2) is 10.2. The quantitative estimate of drug-likeness (QED) is 0.640. The van der Waals surface area contributed by atoms with Crippen LogP contribution in [0.4, 0.5) is 0 Å². The highest BCUT2D eigenvalue weighted by atomic mass is 79.9. The molecule has 0 spiro atoms. The van der Waals surface area contributed by atoms with E-state index in [-0.39, 0.29) is 6.61 Å². The molecule has 114 valence electrons. The number of para-hydroxylation sites is 1. The third kappa shape index (κ3) is 6.70. The highest BCUT2D eigenvalue weighted by Crippen LogP contribution is 2.29. The van der Waals surface area contributed by atoms with E-state index < -0.39 is 0 Å². The molecule has 0 heterocycles. The van der Waals surface area contributed by atoms with Crippen LogP contribution < -0.4 is 10.1 Å².